The summed E-state index contributed by atoms with van der Waals surface area (Å²) in [4.78, 5) is 3.54. The minimum Gasteiger partial charge on any atom is -0.396 e. The first-order valence-corrected chi connectivity index (χ1v) is 3.72. The zero-order valence-electron chi connectivity index (χ0n) is 8.02. The minimum atomic E-state index is 0.354. The van der Waals surface area contributed by atoms with Crippen LogP contribution in [-0.4, -0.2) is 6.72 Å². The Labute approximate surface area is 74.0 Å². The molecular weight excluding hydrogens is 152 g/mol. The Morgan fingerprint density at radius 3 is 1.92 bits per heavy atom. The van der Waals surface area contributed by atoms with Crippen LogP contribution in [0.15, 0.2) is 28.7 Å². The van der Waals surface area contributed by atoms with Crippen LogP contribution in [0.3, 0.4) is 0 Å². The summed E-state index contributed by atoms with van der Waals surface area (Å²) in [5.74, 6) is 5.41. The number of hydrazine groups is 1. The van der Waals surface area contributed by atoms with Gasteiger partial charge in [0.15, 0.2) is 5.82 Å². The van der Waals surface area contributed by atoms with Gasteiger partial charge < -0.3 is 11.2 Å². The number of nitrogens with two attached hydrogens (primary N) is 2. The first-order chi connectivity index (χ1) is 5.63. The first-order valence-electron chi connectivity index (χ1n) is 3.72. The summed E-state index contributed by atoms with van der Waals surface area (Å²) in [5, 5.41) is 0. The molecule has 0 amide bonds. The van der Waals surface area contributed by atoms with Crippen LogP contribution in [0, 0.1) is 0 Å². The van der Waals surface area contributed by atoms with Crippen LogP contribution in [0.2, 0.25) is 0 Å². The second kappa shape index (κ2) is 7.81. The van der Waals surface area contributed by atoms with Crippen LogP contribution in [-0.2, 0) is 0 Å². The van der Waals surface area contributed by atoms with E-state index in [-0.39, 0.29) is 0 Å². The van der Waals surface area contributed by atoms with Crippen LogP contribution >= 0.6 is 0 Å². The quantitative estimate of drug-likeness (QED) is 0.255. The molecule has 0 saturated carbocycles. The van der Waals surface area contributed by atoms with E-state index < -0.39 is 0 Å². The molecule has 70 valence electrons. The summed E-state index contributed by atoms with van der Waals surface area (Å²) in [6.07, 6.45) is 0. The molecular formula is C8H18N4. The Hall–Kier alpha value is -1.29. The minimum absolute atomic E-state index is 0.354. The summed E-state index contributed by atoms with van der Waals surface area (Å²) in [7, 11) is 0. The molecule has 0 aliphatic rings. The predicted octanol–water partition coefficient (Wildman–Crippen LogP) is 0.880. The van der Waals surface area contributed by atoms with Crippen molar-refractivity contribution < 1.29 is 0 Å². The van der Waals surface area contributed by atoms with E-state index in [4.69, 9.17) is 11.6 Å². The van der Waals surface area contributed by atoms with Gasteiger partial charge in [-0.15, -0.1) is 0 Å². The van der Waals surface area contributed by atoms with Crippen LogP contribution < -0.4 is 17.0 Å². The van der Waals surface area contributed by atoms with Gasteiger partial charge >= 0.3 is 0 Å². The first kappa shape index (κ1) is 13.3. The molecule has 0 aliphatic heterocycles. The van der Waals surface area contributed by atoms with Crippen LogP contribution in [0.4, 0.5) is 0 Å². The molecule has 0 aliphatic carbocycles. The number of aliphatic imine (C=N–C) groups is 1. The molecule has 0 fully saturated rings. The lowest BCUT2D eigenvalue weighted by Crippen LogP contribution is -2.23. The van der Waals surface area contributed by atoms with Gasteiger partial charge in [-0.1, -0.05) is 20.4 Å². The zero-order chi connectivity index (χ0) is 10.1. The Balaban J connectivity index is 0. The average Bonchev–Trinajstić information content (AvgIpc) is 2.10. The van der Waals surface area contributed by atoms with E-state index in [0.29, 0.717) is 17.1 Å². The number of hydrogen-bond acceptors (Lipinski definition) is 4. The van der Waals surface area contributed by atoms with E-state index in [0.717, 1.165) is 0 Å². The molecule has 0 aromatic rings. The molecule has 0 rings (SSSR count). The van der Waals surface area contributed by atoms with E-state index in [1.54, 1.807) is 6.92 Å². The molecule has 0 saturated heterocycles. The van der Waals surface area contributed by atoms with Gasteiger partial charge in [-0.3, -0.25) is 0 Å². The van der Waals surface area contributed by atoms with Gasteiger partial charge in [-0.2, -0.15) is 0 Å². The molecule has 0 aromatic heterocycles. The normalized spacial score (nSPS) is 10.3. The van der Waals surface area contributed by atoms with Crippen molar-refractivity contribution in [1.29, 1.82) is 0 Å². The Bertz CT molecular complexity index is 181. The van der Waals surface area contributed by atoms with E-state index >= 15 is 0 Å². The van der Waals surface area contributed by atoms with Gasteiger partial charge in [0.1, 0.15) is 0 Å². The summed E-state index contributed by atoms with van der Waals surface area (Å²) in [5.41, 5.74) is 8.92. The molecule has 0 bridgehead atoms. The third kappa shape index (κ3) is 4.51. The molecule has 0 spiro atoms. The molecule has 12 heavy (non-hydrogen) atoms. The van der Waals surface area contributed by atoms with Crippen LogP contribution in [0.1, 0.15) is 20.8 Å². The average molecular weight is 170 g/mol. The third-order valence-corrected chi connectivity index (χ3v) is 1.01. The molecule has 0 heterocycles. The summed E-state index contributed by atoms with van der Waals surface area (Å²) >= 11 is 0. The van der Waals surface area contributed by atoms with E-state index in [1.807, 2.05) is 13.8 Å². The van der Waals surface area contributed by atoms with Crippen molar-refractivity contribution >= 4 is 6.72 Å². The predicted molar refractivity (Wildman–Crippen MR) is 54.2 cm³/mol. The number of allylic oxidation sites excluding steroid dienone is 1. The van der Waals surface area contributed by atoms with Crippen molar-refractivity contribution in [3.63, 3.8) is 0 Å². The van der Waals surface area contributed by atoms with E-state index in [1.165, 1.54) is 0 Å². The van der Waals surface area contributed by atoms with Gasteiger partial charge in [0, 0.05) is 0 Å². The second-order valence-corrected chi connectivity index (χ2v) is 1.85. The maximum absolute atomic E-state index is 5.49. The molecule has 0 radical (unpaired) electrons. The molecule has 0 unspecified atom stereocenters. The van der Waals surface area contributed by atoms with Gasteiger partial charge in [0.05, 0.1) is 5.70 Å². The number of hydrogen-bond donors (Lipinski definition) is 3. The Morgan fingerprint density at radius 2 is 1.83 bits per heavy atom. The maximum atomic E-state index is 5.49. The van der Waals surface area contributed by atoms with Gasteiger partial charge in [0.25, 0.3) is 0 Å². The lowest BCUT2D eigenvalue weighted by molar-refractivity contribution is 0.850. The van der Waals surface area contributed by atoms with E-state index in [9.17, 15) is 0 Å². The smallest absolute Gasteiger partial charge is 0.162 e. The van der Waals surface area contributed by atoms with Crippen molar-refractivity contribution in [3.05, 3.63) is 23.7 Å². The van der Waals surface area contributed by atoms with Gasteiger partial charge in [-0.05, 0) is 19.2 Å². The Morgan fingerprint density at radius 1 is 1.42 bits per heavy atom. The van der Waals surface area contributed by atoms with Crippen molar-refractivity contribution in [2.24, 2.45) is 16.6 Å². The number of rotatable bonds is 3. The molecule has 5 N–H and O–H groups in total. The zero-order valence-corrected chi connectivity index (χ0v) is 8.02. The summed E-state index contributed by atoms with van der Waals surface area (Å²) in [6.45, 7) is 12.6. The lowest BCUT2D eigenvalue weighted by Gasteiger charge is -2.04. The molecule has 4 heteroatoms. The lowest BCUT2D eigenvalue weighted by atomic mass is 10.2. The summed E-state index contributed by atoms with van der Waals surface area (Å²) in [6, 6.07) is 0. The fourth-order valence-corrected chi connectivity index (χ4v) is 0.411. The number of nitrogens with one attached hydrogen (secondary N) is 1. The topological polar surface area (TPSA) is 76.4 Å². The highest BCUT2D eigenvalue weighted by Crippen LogP contribution is 2.03. The molecule has 0 atom stereocenters. The van der Waals surface area contributed by atoms with Crippen LogP contribution in [0.5, 0.6) is 0 Å². The fraction of sp³-hybridized carbons (Fsp3) is 0.375. The second-order valence-electron chi connectivity index (χ2n) is 1.85. The van der Waals surface area contributed by atoms with Crippen molar-refractivity contribution in [1.82, 2.24) is 5.43 Å². The number of nitrogens with zero attached hydrogens (tertiary/aromatic N) is 1. The van der Waals surface area contributed by atoms with Crippen molar-refractivity contribution in [2.45, 2.75) is 20.8 Å². The maximum Gasteiger partial charge on any atom is 0.162 e. The standard InChI is InChI=1S/C6H12N4.C2H6/c1-4(2)5(7)6(9-3)10-8;1-2/h10H,1,3,7-8H2,2H3;1-2H3/b6-5-;. The SMILES string of the molecule is C=N/C(NN)=C(/N)C(=C)C.CC. The molecule has 4 nitrogen and oxygen atoms in total. The van der Waals surface area contributed by atoms with Crippen molar-refractivity contribution in [3.8, 4) is 0 Å². The van der Waals surface area contributed by atoms with Crippen LogP contribution in [0.25, 0.3) is 0 Å². The third-order valence-electron chi connectivity index (χ3n) is 1.01. The van der Waals surface area contributed by atoms with E-state index in [2.05, 4.69) is 23.7 Å². The monoisotopic (exact) mass is 170 g/mol. The van der Waals surface area contributed by atoms with Gasteiger partial charge in [-0.25, -0.2) is 10.8 Å². The largest absolute Gasteiger partial charge is 0.396 e. The Kier molecular flexibility index (Phi) is 8.67. The highest BCUT2D eigenvalue weighted by molar-refractivity contribution is 5.34. The fourth-order valence-electron chi connectivity index (χ4n) is 0.411. The summed E-state index contributed by atoms with van der Waals surface area (Å²) < 4.78 is 0. The highest BCUT2D eigenvalue weighted by Gasteiger charge is 1.97. The van der Waals surface area contributed by atoms with Gasteiger partial charge in [0.2, 0.25) is 0 Å². The van der Waals surface area contributed by atoms with Crippen molar-refractivity contribution in [2.75, 3.05) is 0 Å². The highest BCUT2D eigenvalue weighted by atomic mass is 15.3. The molecule has 0 aromatic carbocycles.